The fourth-order valence-electron chi connectivity index (χ4n) is 4.60. The average Bonchev–Trinajstić information content (AvgIpc) is 3.03. The Balaban J connectivity index is 1.50. The van der Waals surface area contributed by atoms with E-state index in [1.807, 2.05) is 38.1 Å². The Kier molecular flexibility index (Phi) is 5.41. The van der Waals surface area contributed by atoms with Gasteiger partial charge in [0.15, 0.2) is 5.78 Å². The quantitative estimate of drug-likeness (QED) is 0.609. The van der Waals surface area contributed by atoms with E-state index >= 15 is 0 Å². The van der Waals surface area contributed by atoms with Gasteiger partial charge in [0.05, 0.1) is 24.7 Å². The Labute approximate surface area is 172 Å². The summed E-state index contributed by atoms with van der Waals surface area (Å²) in [6, 6.07) is 12.2. The van der Waals surface area contributed by atoms with Crippen LogP contribution in [0, 0.1) is 19.8 Å². The number of ketones is 1. The van der Waals surface area contributed by atoms with Crippen LogP contribution < -0.4 is 4.74 Å². The first kappa shape index (κ1) is 19.6. The smallest absolute Gasteiger partial charge is 0.167 e. The first-order chi connectivity index (χ1) is 14.0. The van der Waals surface area contributed by atoms with E-state index in [0.29, 0.717) is 0 Å². The number of benzene rings is 2. The predicted octanol–water partition coefficient (Wildman–Crippen LogP) is 4.29. The van der Waals surface area contributed by atoms with E-state index in [1.165, 1.54) is 0 Å². The molecule has 1 atom stereocenters. The van der Waals surface area contributed by atoms with E-state index in [-0.39, 0.29) is 11.7 Å². The third kappa shape index (κ3) is 3.79. The van der Waals surface area contributed by atoms with Crippen LogP contribution in [0.1, 0.15) is 40.2 Å². The molecule has 3 aromatic rings. The second-order valence-corrected chi connectivity index (χ2v) is 8.16. The summed E-state index contributed by atoms with van der Waals surface area (Å²) in [4.78, 5) is 20.4. The molecule has 2 aromatic carbocycles. The summed E-state index contributed by atoms with van der Waals surface area (Å²) in [6.45, 7) is 6.57. The molecule has 152 valence electrons. The minimum atomic E-state index is 0.0330. The number of hydrogen-bond donors (Lipinski definition) is 0. The highest BCUT2D eigenvalue weighted by Gasteiger charge is 2.28. The van der Waals surface area contributed by atoms with Crippen LogP contribution in [-0.4, -0.2) is 40.4 Å². The van der Waals surface area contributed by atoms with E-state index in [0.717, 1.165) is 71.8 Å². The Bertz CT molecular complexity index is 1030. The molecular weight excluding hydrogens is 362 g/mol. The van der Waals surface area contributed by atoms with Crippen molar-refractivity contribution in [2.24, 2.45) is 13.0 Å². The summed E-state index contributed by atoms with van der Waals surface area (Å²) in [5.41, 5.74) is 5.01. The third-order valence-corrected chi connectivity index (χ3v) is 6.07. The van der Waals surface area contributed by atoms with Crippen LogP contribution in [0.4, 0.5) is 0 Å². The van der Waals surface area contributed by atoms with Gasteiger partial charge in [-0.05, 0) is 68.6 Å². The summed E-state index contributed by atoms with van der Waals surface area (Å²) in [7, 11) is 3.75. The molecule has 0 bridgehead atoms. The molecule has 0 saturated carbocycles. The maximum atomic E-state index is 13.2. The normalized spacial score (nSPS) is 17.6. The number of aromatic nitrogens is 2. The molecule has 1 saturated heterocycles. The van der Waals surface area contributed by atoms with E-state index in [9.17, 15) is 4.79 Å². The van der Waals surface area contributed by atoms with Gasteiger partial charge in [-0.3, -0.25) is 9.69 Å². The molecule has 0 amide bonds. The lowest BCUT2D eigenvalue weighted by Crippen LogP contribution is -2.38. The van der Waals surface area contributed by atoms with Gasteiger partial charge in [0, 0.05) is 25.1 Å². The molecular formula is C24H29N3O2. The number of ether oxygens (including phenoxy) is 1. The molecule has 1 aliphatic heterocycles. The molecule has 1 aliphatic rings. The number of para-hydroxylation sites is 2. The molecule has 1 aromatic heterocycles. The number of Topliss-reactive ketones (excluding diaryl/α,β-unsaturated/α-hetero) is 1. The van der Waals surface area contributed by atoms with Gasteiger partial charge in [-0.15, -0.1) is 0 Å². The van der Waals surface area contributed by atoms with Crippen molar-refractivity contribution in [3.8, 4) is 5.75 Å². The van der Waals surface area contributed by atoms with Crippen molar-refractivity contribution in [2.75, 3.05) is 20.2 Å². The fraction of sp³-hybridized carbons (Fsp3) is 0.417. The molecule has 0 spiro atoms. The van der Waals surface area contributed by atoms with Crippen molar-refractivity contribution < 1.29 is 9.53 Å². The number of aryl methyl sites for hydroxylation is 3. The molecule has 1 unspecified atom stereocenters. The van der Waals surface area contributed by atoms with Crippen LogP contribution in [0.15, 0.2) is 36.4 Å². The average molecular weight is 392 g/mol. The third-order valence-electron chi connectivity index (χ3n) is 6.07. The lowest BCUT2D eigenvalue weighted by atomic mass is 9.88. The second-order valence-electron chi connectivity index (χ2n) is 8.16. The van der Waals surface area contributed by atoms with E-state index in [4.69, 9.17) is 9.72 Å². The predicted molar refractivity (Wildman–Crippen MR) is 116 cm³/mol. The number of carbonyl (C=O) groups is 1. The van der Waals surface area contributed by atoms with Crippen molar-refractivity contribution in [3.63, 3.8) is 0 Å². The zero-order chi connectivity index (χ0) is 20.5. The van der Waals surface area contributed by atoms with Crippen molar-refractivity contribution in [1.29, 1.82) is 0 Å². The molecule has 1 fully saturated rings. The minimum Gasteiger partial charge on any atom is -0.496 e. The highest BCUT2D eigenvalue weighted by atomic mass is 16.5. The summed E-state index contributed by atoms with van der Waals surface area (Å²) in [6.07, 6.45) is 1.98. The zero-order valence-electron chi connectivity index (χ0n) is 17.7. The number of methoxy groups -OCH3 is 1. The number of imidazole rings is 1. The first-order valence-electron chi connectivity index (χ1n) is 10.3. The number of fused-ring (bicyclic) bond motifs is 1. The van der Waals surface area contributed by atoms with Crippen LogP contribution in [0.25, 0.3) is 11.0 Å². The maximum Gasteiger partial charge on any atom is 0.167 e. The van der Waals surface area contributed by atoms with Gasteiger partial charge >= 0.3 is 0 Å². The van der Waals surface area contributed by atoms with Crippen LogP contribution in [0.2, 0.25) is 0 Å². The molecule has 2 heterocycles. The standard InChI is InChI=1S/C24H29N3O2/c1-16-12-19(13-17(2)24(16)29-4)23(28)18-8-7-11-27(14-18)15-22-25-20-9-5-6-10-21(20)26(22)3/h5-6,9-10,12-13,18H,7-8,11,14-15H2,1-4H3. The van der Waals surface area contributed by atoms with Gasteiger partial charge in [0.1, 0.15) is 11.6 Å². The van der Waals surface area contributed by atoms with Crippen LogP contribution in [0.5, 0.6) is 5.75 Å². The topological polar surface area (TPSA) is 47.4 Å². The summed E-state index contributed by atoms with van der Waals surface area (Å²) >= 11 is 0. The number of likely N-dealkylation sites (tertiary alicyclic amines) is 1. The highest BCUT2D eigenvalue weighted by Crippen LogP contribution is 2.28. The van der Waals surface area contributed by atoms with Gasteiger partial charge in [-0.1, -0.05) is 12.1 Å². The van der Waals surface area contributed by atoms with Crippen LogP contribution in [-0.2, 0) is 13.6 Å². The zero-order valence-corrected chi connectivity index (χ0v) is 17.7. The van der Waals surface area contributed by atoms with Crippen molar-refractivity contribution in [2.45, 2.75) is 33.2 Å². The Hall–Kier alpha value is -2.66. The van der Waals surface area contributed by atoms with E-state index < -0.39 is 0 Å². The molecule has 5 nitrogen and oxygen atoms in total. The molecule has 4 rings (SSSR count). The first-order valence-corrected chi connectivity index (χ1v) is 10.3. The number of carbonyl (C=O) groups excluding carboxylic acids is 1. The van der Waals surface area contributed by atoms with Gasteiger partial charge in [-0.25, -0.2) is 4.98 Å². The van der Waals surface area contributed by atoms with Crippen molar-refractivity contribution in [3.05, 3.63) is 58.9 Å². The summed E-state index contributed by atoms with van der Waals surface area (Å²) in [5.74, 6) is 2.20. The Morgan fingerprint density at radius 2 is 1.93 bits per heavy atom. The number of piperidine rings is 1. The lowest BCUT2D eigenvalue weighted by molar-refractivity contribution is 0.0807. The summed E-state index contributed by atoms with van der Waals surface area (Å²) < 4.78 is 7.61. The van der Waals surface area contributed by atoms with Crippen LogP contribution >= 0.6 is 0 Å². The number of hydrogen-bond acceptors (Lipinski definition) is 4. The molecule has 0 N–H and O–H groups in total. The minimum absolute atomic E-state index is 0.0330. The Morgan fingerprint density at radius 3 is 2.62 bits per heavy atom. The number of nitrogens with zero attached hydrogens (tertiary/aromatic N) is 3. The highest BCUT2D eigenvalue weighted by molar-refractivity contribution is 5.98. The second kappa shape index (κ2) is 7.99. The van der Waals surface area contributed by atoms with Crippen LogP contribution in [0.3, 0.4) is 0 Å². The Morgan fingerprint density at radius 1 is 1.21 bits per heavy atom. The van der Waals surface area contributed by atoms with Gasteiger partial charge < -0.3 is 9.30 Å². The van der Waals surface area contributed by atoms with Gasteiger partial charge in [0.2, 0.25) is 0 Å². The number of rotatable bonds is 5. The van der Waals surface area contributed by atoms with E-state index in [2.05, 4.69) is 28.6 Å². The maximum absolute atomic E-state index is 13.2. The van der Waals surface area contributed by atoms with Crippen molar-refractivity contribution >= 4 is 16.8 Å². The SMILES string of the molecule is COc1c(C)cc(C(=O)C2CCCN(Cc3nc4ccccc4n3C)C2)cc1C. The molecule has 0 aliphatic carbocycles. The molecule has 5 heteroatoms. The summed E-state index contributed by atoms with van der Waals surface area (Å²) in [5, 5.41) is 0. The van der Waals surface area contributed by atoms with Gasteiger partial charge in [0.25, 0.3) is 0 Å². The van der Waals surface area contributed by atoms with E-state index in [1.54, 1.807) is 7.11 Å². The largest absolute Gasteiger partial charge is 0.496 e. The van der Waals surface area contributed by atoms with Gasteiger partial charge in [-0.2, -0.15) is 0 Å². The lowest BCUT2D eigenvalue weighted by Gasteiger charge is -2.31. The van der Waals surface area contributed by atoms with Crippen molar-refractivity contribution in [1.82, 2.24) is 14.5 Å². The fourth-order valence-corrected chi connectivity index (χ4v) is 4.60. The molecule has 0 radical (unpaired) electrons. The monoisotopic (exact) mass is 391 g/mol. The molecule has 29 heavy (non-hydrogen) atoms.